The van der Waals surface area contributed by atoms with Crippen LogP contribution in [0.5, 0.6) is 0 Å². The molecule has 1 N–H and O–H groups in total. The van der Waals surface area contributed by atoms with Gasteiger partial charge < -0.3 is 10.1 Å². The molecular weight excluding hydrogens is 204 g/mol. The molecule has 0 spiro atoms. The molecular formula is C10H21F2NO2. The van der Waals surface area contributed by atoms with Gasteiger partial charge >= 0.3 is 0 Å². The molecule has 1 heterocycles. The number of hydrogen-bond acceptors (Lipinski definition) is 3. The molecule has 1 aliphatic rings. The maximum absolute atomic E-state index is 11.9. The van der Waals surface area contributed by atoms with Gasteiger partial charge in [-0.3, -0.25) is 4.79 Å². The Morgan fingerprint density at radius 2 is 1.93 bits per heavy atom. The summed E-state index contributed by atoms with van der Waals surface area (Å²) in [6.07, 6.45) is 1.26. The number of carbonyl (C=O) groups is 1. The zero-order valence-corrected chi connectivity index (χ0v) is 9.69. The largest absolute Gasteiger partial charge is 0.468 e. The van der Waals surface area contributed by atoms with Gasteiger partial charge in [0.25, 0.3) is 12.4 Å². The average Bonchev–Trinajstić information content (AvgIpc) is 2.54. The third-order valence-electron chi connectivity index (χ3n) is 1.29. The van der Waals surface area contributed by atoms with E-state index in [9.17, 15) is 13.6 Å². The van der Waals surface area contributed by atoms with Crippen LogP contribution in [0.1, 0.15) is 33.6 Å². The van der Waals surface area contributed by atoms with Crippen LogP contribution in [0.3, 0.4) is 0 Å². The van der Waals surface area contributed by atoms with E-state index in [1.165, 1.54) is 6.42 Å². The summed E-state index contributed by atoms with van der Waals surface area (Å²) in [4.78, 5) is 9.18. The Morgan fingerprint density at radius 3 is 2.00 bits per heavy atom. The summed E-state index contributed by atoms with van der Waals surface area (Å²) in [7, 11) is 0. The van der Waals surface area contributed by atoms with Gasteiger partial charge in [0, 0.05) is 13.0 Å². The van der Waals surface area contributed by atoms with E-state index in [2.05, 4.69) is 23.9 Å². The zero-order chi connectivity index (χ0) is 12.2. The molecule has 1 aliphatic heterocycles. The molecule has 0 unspecified atom stereocenters. The van der Waals surface area contributed by atoms with Crippen LogP contribution in [-0.2, 0) is 9.53 Å². The molecule has 0 atom stereocenters. The lowest BCUT2D eigenvalue weighted by atomic mass is 10.3. The first-order valence-corrected chi connectivity index (χ1v) is 5.17. The van der Waals surface area contributed by atoms with Crippen molar-refractivity contribution < 1.29 is 18.3 Å². The van der Waals surface area contributed by atoms with Crippen molar-refractivity contribution in [2.24, 2.45) is 0 Å². The molecule has 0 aliphatic carbocycles. The Balaban J connectivity index is 0. The maximum Gasteiger partial charge on any atom is 0.293 e. The van der Waals surface area contributed by atoms with Crippen molar-refractivity contribution >= 4 is 6.47 Å². The SMILES string of the molecule is CCC.CCOC=O.FC1(F)CCNC1. The fourth-order valence-corrected chi connectivity index (χ4v) is 0.699. The minimum Gasteiger partial charge on any atom is -0.468 e. The Morgan fingerprint density at radius 1 is 1.40 bits per heavy atom. The third-order valence-corrected chi connectivity index (χ3v) is 1.29. The van der Waals surface area contributed by atoms with E-state index in [0.29, 0.717) is 19.6 Å². The van der Waals surface area contributed by atoms with Crippen LogP contribution >= 0.6 is 0 Å². The predicted octanol–water partition coefficient (Wildman–Crippen LogP) is 2.21. The lowest BCUT2D eigenvalue weighted by Gasteiger charge is -2.02. The normalized spacial score (nSPS) is 16.6. The number of halogens is 2. The van der Waals surface area contributed by atoms with E-state index in [-0.39, 0.29) is 13.0 Å². The number of carbonyl (C=O) groups excluding carboxylic acids is 1. The molecule has 3 nitrogen and oxygen atoms in total. The highest BCUT2D eigenvalue weighted by Crippen LogP contribution is 2.19. The van der Waals surface area contributed by atoms with E-state index in [0.717, 1.165) is 0 Å². The van der Waals surface area contributed by atoms with Crippen molar-refractivity contribution in [1.29, 1.82) is 0 Å². The Labute approximate surface area is 90.2 Å². The molecule has 0 saturated carbocycles. The van der Waals surface area contributed by atoms with Gasteiger partial charge in [-0.05, 0) is 6.92 Å². The molecule has 0 aromatic carbocycles. The minimum absolute atomic E-state index is 0.00694. The maximum atomic E-state index is 11.9. The van der Waals surface area contributed by atoms with Crippen molar-refractivity contribution in [1.82, 2.24) is 5.32 Å². The van der Waals surface area contributed by atoms with Crippen LogP contribution in [0.25, 0.3) is 0 Å². The van der Waals surface area contributed by atoms with Crippen LogP contribution in [-0.4, -0.2) is 32.1 Å². The lowest BCUT2D eigenvalue weighted by Crippen LogP contribution is -2.18. The standard InChI is InChI=1S/C4H7F2N.C3H6O2.C3H8/c5-4(6)1-2-7-3-4;1-2-5-3-4;1-3-2/h7H,1-3H2;3H,2H2,1H3;3H2,1-2H3. The molecule has 15 heavy (non-hydrogen) atoms. The van der Waals surface area contributed by atoms with E-state index < -0.39 is 5.92 Å². The monoisotopic (exact) mass is 225 g/mol. The van der Waals surface area contributed by atoms with Crippen molar-refractivity contribution in [2.75, 3.05) is 19.7 Å². The van der Waals surface area contributed by atoms with Crippen LogP contribution in [0.4, 0.5) is 8.78 Å². The first-order chi connectivity index (χ1) is 7.04. The van der Waals surface area contributed by atoms with E-state index in [4.69, 9.17) is 0 Å². The van der Waals surface area contributed by atoms with Crippen LogP contribution < -0.4 is 5.32 Å². The molecule has 0 amide bonds. The Bertz CT molecular complexity index is 135. The highest BCUT2D eigenvalue weighted by molar-refractivity contribution is 5.36. The van der Waals surface area contributed by atoms with Crippen LogP contribution in [0.2, 0.25) is 0 Å². The minimum atomic E-state index is -2.42. The Kier molecular flexibility index (Phi) is 12.7. The smallest absolute Gasteiger partial charge is 0.293 e. The quantitative estimate of drug-likeness (QED) is 0.732. The number of hydrogen-bond donors (Lipinski definition) is 1. The van der Waals surface area contributed by atoms with Gasteiger partial charge in [0.1, 0.15) is 0 Å². The number of nitrogens with one attached hydrogen (secondary N) is 1. The average molecular weight is 225 g/mol. The second-order valence-corrected chi connectivity index (χ2v) is 3.04. The fourth-order valence-electron chi connectivity index (χ4n) is 0.699. The molecule has 1 rings (SSSR count). The Hall–Kier alpha value is -0.710. The summed E-state index contributed by atoms with van der Waals surface area (Å²) in [5, 5.41) is 2.56. The van der Waals surface area contributed by atoms with Crippen LogP contribution in [0, 0.1) is 0 Å². The molecule has 0 radical (unpaired) electrons. The number of rotatable bonds is 2. The van der Waals surface area contributed by atoms with Gasteiger partial charge in [0.15, 0.2) is 0 Å². The van der Waals surface area contributed by atoms with E-state index >= 15 is 0 Å². The fraction of sp³-hybridized carbons (Fsp3) is 0.900. The molecule has 1 saturated heterocycles. The molecule has 1 fully saturated rings. The molecule has 0 aromatic rings. The summed E-state index contributed by atoms with van der Waals surface area (Å²) < 4.78 is 27.9. The zero-order valence-electron chi connectivity index (χ0n) is 9.69. The topological polar surface area (TPSA) is 38.3 Å². The van der Waals surface area contributed by atoms with Crippen molar-refractivity contribution in [3.63, 3.8) is 0 Å². The van der Waals surface area contributed by atoms with Gasteiger partial charge in [-0.1, -0.05) is 20.3 Å². The van der Waals surface area contributed by atoms with Gasteiger partial charge in [-0.2, -0.15) is 0 Å². The van der Waals surface area contributed by atoms with Gasteiger partial charge in [-0.25, -0.2) is 8.78 Å². The second-order valence-electron chi connectivity index (χ2n) is 3.04. The van der Waals surface area contributed by atoms with Gasteiger partial charge in [0.2, 0.25) is 0 Å². The first-order valence-electron chi connectivity index (χ1n) is 5.17. The van der Waals surface area contributed by atoms with E-state index in [1.807, 2.05) is 0 Å². The van der Waals surface area contributed by atoms with Crippen LogP contribution in [0.15, 0.2) is 0 Å². The van der Waals surface area contributed by atoms with Crippen molar-refractivity contribution in [3.05, 3.63) is 0 Å². The number of ether oxygens (including phenoxy) is 1. The summed E-state index contributed by atoms with van der Waals surface area (Å²) in [6, 6.07) is 0. The van der Waals surface area contributed by atoms with Gasteiger partial charge in [0.05, 0.1) is 13.2 Å². The highest BCUT2D eigenvalue weighted by atomic mass is 19.3. The van der Waals surface area contributed by atoms with Crippen molar-refractivity contribution in [3.8, 4) is 0 Å². The third kappa shape index (κ3) is 16.0. The van der Waals surface area contributed by atoms with Crippen molar-refractivity contribution in [2.45, 2.75) is 39.5 Å². The van der Waals surface area contributed by atoms with E-state index in [1.54, 1.807) is 6.92 Å². The predicted molar refractivity (Wildman–Crippen MR) is 56.1 cm³/mol. The first kappa shape index (κ1) is 16.7. The molecule has 5 heteroatoms. The summed E-state index contributed by atoms with van der Waals surface area (Å²) >= 11 is 0. The summed E-state index contributed by atoms with van der Waals surface area (Å²) in [6.45, 7) is 7.25. The summed E-state index contributed by atoms with van der Waals surface area (Å²) in [5.41, 5.74) is 0. The summed E-state index contributed by atoms with van der Waals surface area (Å²) in [5.74, 6) is -2.42. The molecule has 0 aromatic heterocycles. The second kappa shape index (κ2) is 11.4. The number of alkyl halides is 2. The molecule has 0 bridgehead atoms. The highest BCUT2D eigenvalue weighted by Gasteiger charge is 2.32. The van der Waals surface area contributed by atoms with Gasteiger partial charge in [-0.15, -0.1) is 0 Å². The molecule has 92 valence electrons. The lowest BCUT2D eigenvalue weighted by molar-refractivity contribution is -0.128.